The Kier molecular flexibility index (Phi) is 32.4. The molecule has 0 bridgehead atoms. The molecule has 0 aliphatic rings. The normalized spacial score (nSPS) is 11.6. The van der Waals surface area contributed by atoms with Gasteiger partial charge in [0.15, 0.2) is 0 Å². The predicted molar refractivity (Wildman–Crippen MR) is 224 cm³/mol. The number of anilines is 1. The second-order valence-corrected chi connectivity index (χ2v) is 15.8. The number of aliphatic hydroxyl groups is 1. The molecule has 0 aliphatic heterocycles. The number of rotatable bonds is 41. The number of aliphatic carboxylic acids is 1. The van der Waals surface area contributed by atoms with E-state index in [4.69, 9.17) is 14.9 Å². The number of carboxylic acids is 1. The summed E-state index contributed by atoms with van der Waals surface area (Å²) in [6.45, 7) is 8.22. The van der Waals surface area contributed by atoms with E-state index in [1.165, 1.54) is 64.2 Å². The van der Waals surface area contributed by atoms with Crippen molar-refractivity contribution < 1.29 is 24.5 Å². The minimum Gasteiger partial charge on any atom is -0.481 e. The average molecular weight is 763 g/mol. The van der Waals surface area contributed by atoms with Gasteiger partial charge in [0, 0.05) is 31.6 Å². The first-order valence-corrected chi connectivity index (χ1v) is 22.6. The van der Waals surface area contributed by atoms with E-state index in [0.717, 1.165) is 129 Å². The van der Waals surface area contributed by atoms with Gasteiger partial charge in [-0.1, -0.05) is 123 Å². The molecule has 0 saturated heterocycles. The van der Waals surface area contributed by atoms with Gasteiger partial charge in [-0.05, 0) is 96.7 Å². The van der Waals surface area contributed by atoms with Crippen LogP contribution in [0.5, 0.6) is 0 Å². The van der Waals surface area contributed by atoms with Crippen LogP contribution in [0.25, 0.3) is 0 Å². The van der Waals surface area contributed by atoms with Gasteiger partial charge in [0.05, 0.1) is 5.69 Å². The van der Waals surface area contributed by atoms with Gasteiger partial charge in [-0.25, -0.2) is 0 Å². The molecule has 0 radical (unpaired) electrons. The lowest BCUT2D eigenvalue weighted by molar-refractivity contribution is -0.150. The number of aliphatic hydroxyl groups excluding tert-OH is 1. The summed E-state index contributed by atoms with van der Waals surface area (Å²) >= 11 is 0. The number of hydrogen-bond acceptors (Lipinski definition) is 8. The van der Waals surface area contributed by atoms with Crippen LogP contribution in [0.4, 0.5) is 5.69 Å². The molecule has 0 heterocycles. The quantitative estimate of drug-likeness (QED) is 0.0339. The van der Waals surface area contributed by atoms with E-state index < -0.39 is 11.4 Å². The third kappa shape index (κ3) is 26.5. The van der Waals surface area contributed by atoms with Crippen molar-refractivity contribution in [2.45, 2.75) is 219 Å². The summed E-state index contributed by atoms with van der Waals surface area (Å²) < 4.78 is 6.04. The van der Waals surface area contributed by atoms with Gasteiger partial charge < -0.3 is 25.2 Å². The minimum absolute atomic E-state index is 0.0164. The van der Waals surface area contributed by atoms with Crippen LogP contribution in [0, 0.1) is 0 Å². The molecule has 314 valence electrons. The zero-order chi connectivity index (χ0) is 39.5. The summed E-state index contributed by atoms with van der Waals surface area (Å²) in [5.74, 6) is -0.740. The molecule has 0 saturated carbocycles. The van der Waals surface area contributed by atoms with Gasteiger partial charge in [0.2, 0.25) is 10.9 Å². The largest absolute Gasteiger partial charge is 0.481 e. The molecule has 0 fully saturated rings. The number of carbonyl (C=O) groups excluding carboxylic acids is 1. The number of nitrogens with one attached hydrogen (secondary N) is 1. The minimum atomic E-state index is -0.724. The number of unbranched alkanes of at least 4 members (excludes halogenated alkanes) is 20. The summed E-state index contributed by atoms with van der Waals surface area (Å²) in [6.07, 6.45) is 32.0. The maximum absolute atomic E-state index is 12.8. The highest BCUT2D eigenvalue weighted by molar-refractivity contribution is 5.69. The van der Waals surface area contributed by atoms with Gasteiger partial charge in [-0.3, -0.25) is 19.2 Å². The van der Waals surface area contributed by atoms with Crippen molar-refractivity contribution in [3.05, 3.63) is 26.0 Å². The Labute approximate surface area is 329 Å². The summed E-state index contributed by atoms with van der Waals surface area (Å²) in [5.41, 5.74) is 0.347. The van der Waals surface area contributed by atoms with Gasteiger partial charge >= 0.3 is 11.9 Å². The number of ether oxygens (including phenoxy) is 1. The molecular weight excluding hydrogens is 681 g/mol. The standard InChI is InChI=1S/C45H82N2O7/c1-3-5-7-9-13-20-29-39(30-21-14-10-8-6-4-2)54-42(51)33-24-16-12-18-26-36-47(35-25-17-11-15-23-32-41(49)50)37-28-34-46-43-40(44(52)45(43)53)31-22-19-27-38-48/h39,46,48H,3-38H2,1-2H3,(H,49,50). The SMILES string of the molecule is CCCCCCCCC(CCCCCCCC)OC(=O)CCCCCCCN(CCCCCCCC(=O)O)CCCNc1c(CCCCCO)c(=O)c1=O. The van der Waals surface area contributed by atoms with Crippen LogP contribution >= 0.6 is 0 Å². The van der Waals surface area contributed by atoms with Crippen molar-refractivity contribution in [2.75, 3.05) is 38.1 Å². The Morgan fingerprint density at radius 2 is 1.07 bits per heavy atom. The Balaban J connectivity index is 2.42. The lowest BCUT2D eigenvalue weighted by Gasteiger charge is -2.23. The van der Waals surface area contributed by atoms with Crippen LogP contribution in [0.2, 0.25) is 0 Å². The molecule has 1 rings (SSSR count). The molecule has 0 amide bonds. The van der Waals surface area contributed by atoms with Gasteiger partial charge in [-0.15, -0.1) is 0 Å². The van der Waals surface area contributed by atoms with E-state index in [-0.39, 0.29) is 30.5 Å². The zero-order valence-electron chi connectivity index (χ0n) is 34.9. The first-order chi connectivity index (χ1) is 26.3. The fraction of sp³-hybridized carbons (Fsp3) is 0.867. The fourth-order valence-electron chi connectivity index (χ4n) is 7.39. The Morgan fingerprint density at radius 3 is 1.63 bits per heavy atom. The summed E-state index contributed by atoms with van der Waals surface area (Å²) in [5, 5.41) is 21.1. The highest BCUT2D eigenvalue weighted by Crippen LogP contribution is 2.19. The first-order valence-electron chi connectivity index (χ1n) is 22.6. The number of carboxylic acid groups (broad SMARTS) is 1. The van der Waals surface area contributed by atoms with E-state index in [1.807, 2.05) is 0 Å². The van der Waals surface area contributed by atoms with Gasteiger partial charge in [0.1, 0.15) is 6.10 Å². The van der Waals surface area contributed by atoms with Crippen LogP contribution in [0.1, 0.15) is 212 Å². The van der Waals surface area contributed by atoms with Crippen LogP contribution in [-0.2, 0) is 20.7 Å². The van der Waals surface area contributed by atoms with Crippen molar-refractivity contribution in [2.24, 2.45) is 0 Å². The average Bonchev–Trinajstić information content (AvgIpc) is 3.16. The maximum atomic E-state index is 12.8. The van der Waals surface area contributed by atoms with Crippen LogP contribution < -0.4 is 16.2 Å². The van der Waals surface area contributed by atoms with E-state index in [2.05, 4.69) is 24.1 Å². The zero-order valence-corrected chi connectivity index (χ0v) is 34.9. The lowest BCUT2D eigenvalue weighted by atomic mass is 10.00. The van der Waals surface area contributed by atoms with Crippen LogP contribution in [0.15, 0.2) is 9.59 Å². The van der Waals surface area contributed by atoms with Crippen molar-refractivity contribution in [1.82, 2.24) is 4.90 Å². The molecule has 54 heavy (non-hydrogen) atoms. The molecule has 0 atom stereocenters. The maximum Gasteiger partial charge on any atom is 0.306 e. The number of nitrogens with zero attached hydrogens (tertiary/aromatic N) is 1. The smallest absolute Gasteiger partial charge is 0.306 e. The molecule has 3 N–H and O–H groups in total. The molecule has 1 aromatic carbocycles. The number of carbonyl (C=O) groups is 2. The second kappa shape index (κ2) is 35.2. The van der Waals surface area contributed by atoms with Gasteiger partial charge in [0.25, 0.3) is 0 Å². The van der Waals surface area contributed by atoms with Crippen molar-refractivity contribution in [3.63, 3.8) is 0 Å². The summed E-state index contributed by atoms with van der Waals surface area (Å²) in [6, 6.07) is 0. The molecule has 9 heteroatoms. The first kappa shape index (κ1) is 49.8. The summed E-state index contributed by atoms with van der Waals surface area (Å²) in [7, 11) is 0. The Bertz CT molecular complexity index is 1100. The number of esters is 1. The summed E-state index contributed by atoms with van der Waals surface area (Å²) in [4.78, 5) is 50.4. The fourth-order valence-corrected chi connectivity index (χ4v) is 7.39. The highest BCUT2D eigenvalue weighted by atomic mass is 16.5. The second-order valence-electron chi connectivity index (χ2n) is 15.8. The van der Waals surface area contributed by atoms with Crippen molar-refractivity contribution >= 4 is 17.6 Å². The number of hydrogen-bond donors (Lipinski definition) is 3. The molecule has 9 nitrogen and oxygen atoms in total. The molecule has 0 unspecified atom stereocenters. The lowest BCUT2D eigenvalue weighted by Crippen LogP contribution is -2.39. The van der Waals surface area contributed by atoms with E-state index >= 15 is 0 Å². The highest BCUT2D eigenvalue weighted by Gasteiger charge is 2.20. The third-order valence-electron chi connectivity index (χ3n) is 10.8. The van der Waals surface area contributed by atoms with Gasteiger partial charge in [-0.2, -0.15) is 0 Å². The van der Waals surface area contributed by atoms with E-state index in [0.29, 0.717) is 37.1 Å². The Hall–Kier alpha value is -2.26. The van der Waals surface area contributed by atoms with Crippen LogP contribution in [-0.4, -0.2) is 65.9 Å². The van der Waals surface area contributed by atoms with E-state index in [9.17, 15) is 19.2 Å². The van der Waals surface area contributed by atoms with Crippen LogP contribution in [0.3, 0.4) is 0 Å². The van der Waals surface area contributed by atoms with E-state index in [1.54, 1.807) is 0 Å². The topological polar surface area (TPSA) is 133 Å². The van der Waals surface area contributed by atoms with Crippen molar-refractivity contribution in [1.29, 1.82) is 0 Å². The molecule has 0 aromatic heterocycles. The monoisotopic (exact) mass is 763 g/mol. The predicted octanol–water partition coefficient (Wildman–Crippen LogP) is 10.3. The molecule has 0 aliphatic carbocycles. The molecule has 0 spiro atoms. The molecular formula is C45H82N2O7. The Morgan fingerprint density at radius 1 is 0.593 bits per heavy atom. The third-order valence-corrected chi connectivity index (χ3v) is 10.8. The van der Waals surface area contributed by atoms with Crippen molar-refractivity contribution in [3.8, 4) is 0 Å². The molecule has 1 aromatic rings.